The lowest BCUT2D eigenvalue weighted by molar-refractivity contribution is -0.116. The number of carbonyl (C=O) groups excluding carboxylic acids is 1. The van der Waals surface area contributed by atoms with Crippen LogP contribution in [0.3, 0.4) is 0 Å². The van der Waals surface area contributed by atoms with Crippen molar-refractivity contribution in [2.24, 2.45) is 5.73 Å². The lowest BCUT2D eigenvalue weighted by Crippen LogP contribution is -2.22. The summed E-state index contributed by atoms with van der Waals surface area (Å²) in [6.45, 7) is 0.0827. The summed E-state index contributed by atoms with van der Waals surface area (Å²) in [7, 11) is 1.56. The van der Waals surface area contributed by atoms with Crippen LogP contribution in [-0.2, 0) is 4.79 Å². The van der Waals surface area contributed by atoms with Crippen molar-refractivity contribution in [2.45, 2.75) is 0 Å². The van der Waals surface area contributed by atoms with Crippen molar-refractivity contribution in [3.8, 4) is 5.75 Å². The van der Waals surface area contributed by atoms with E-state index in [-0.39, 0.29) is 6.54 Å². The third-order valence-electron chi connectivity index (χ3n) is 1.42. The number of carbonyl (C=O) groups is 1. The van der Waals surface area contributed by atoms with E-state index in [1.807, 2.05) is 0 Å². The van der Waals surface area contributed by atoms with Gasteiger partial charge in [-0.2, -0.15) is 0 Å². The number of hydrogen-bond acceptors (Lipinski definition) is 4. The van der Waals surface area contributed by atoms with Gasteiger partial charge in [-0.15, -0.1) is 0 Å². The van der Waals surface area contributed by atoms with Crippen molar-refractivity contribution in [2.75, 3.05) is 19.0 Å². The Bertz CT molecular complexity index is 284. The summed E-state index contributed by atoms with van der Waals surface area (Å²) in [5.74, 6) is 0.849. The Hall–Kier alpha value is -1.78. The molecule has 1 amide bonds. The number of nitrogens with two attached hydrogens (primary N) is 1. The Morgan fingerprint density at radius 2 is 2.46 bits per heavy atom. The monoisotopic (exact) mass is 181 g/mol. The second-order valence-electron chi connectivity index (χ2n) is 2.40. The van der Waals surface area contributed by atoms with Crippen LogP contribution in [0.4, 0.5) is 5.82 Å². The molecule has 0 spiro atoms. The topological polar surface area (TPSA) is 77.2 Å². The van der Waals surface area contributed by atoms with E-state index in [4.69, 9.17) is 10.5 Å². The fourth-order valence-corrected chi connectivity index (χ4v) is 0.783. The molecule has 0 bridgehead atoms. The van der Waals surface area contributed by atoms with Gasteiger partial charge in [0.1, 0.15) is 11.6 Å². The molecule has 0 radical (unpaired) electrons. The van der Waals surface area contributed by atoms with E-state index in [1.165, 1.54) is 0 Å². The summed E-state index contributed by atoms with van der Waals surface area (Å²) < 4.78 is 4.91. The quantitative estimate of drug-likeness (QED) is 0.684. The van der Waals surface area contributed by atoms with Gasteiger partial charge in [0.2, 0.25) is 5.91 Å². The molecule has 1 heterocycles. The number of primary amides is 1. The minimum atomic E-state index is -0.419. The number of anilines is 1. The second-order valence-corrected chi connectivity index (χ2v) is 2.40. The molecule has 0 saturated carbocycles. The molecule has 13 heavy (non-hydrogen) atoms. The minimum absolute atomic E-state index is 0.0827. The lowest BCUT2D eigenvalue weighted by atomic mass is 10.4. The maximum Gasteiger partial charge on any atom is 0.236 e. The van der Waals surface area contributed by atoms with Crippen LogP contribution in [0.1, 0.15) is 0 Å². The molecular formula is C8H11N3O2. The van der Waals surface area contributed by atoms with Gasteiger partial charge in [-0.1, -0.05) is 0 Å². The predicted molar refractivity (Wildman–Crippen MR) is 48.5 cm³/mol. The molecule has 1 rings (SSSR count). The maximum atomic E-state index is 10.4. The number of methoxy groups -OCH3 is 1. The normalized spacial score (nSPS) is 9.31. The lowest BCUT2D eigenvalue weighted by Gasteiger charge is -2.03. The number of rotatable bonds is 4. The van der Waals surface area contributed by atoms with E-state index in [2.05, 4.69) is 10.3 Å². The summed E-state index contributed by atoms with van der Waals surface area (Å²) in [6, 6.07) is 3.46. The molecular weight excluding hydrogens is 170 g/mol. The summed E-state index contributed by atoms with van der Waals surface area (Å²) >= 11 is 0. The van der Waals surface area contributed by atoms with Crippen LogP contribution in [0.5, 0.6) is 5.75 Å². The number of ether oxygens (including phenoxy) is 1. The van der Waals surface area contributed by atoms with Gasteiger partial charge in [0.05, 0.1) is 19.9 Å². The van der Waals surface area contributed by atoms with E-state index in [0.717, 1.165) is 0 Å². The largest absolute Gasteiger partial charge is 0.495 e. The Balaban J connectivity index is 2.54. The molecule has 0 fully saturated rings. The van der Waals surface area contributed by atoms with Crippen LogP contribution in [-0.4, -0.2) is 24.5 Å². The second kappa shape index (κ2) is 4.30. The van der Waals surface area contributed by atoms with Crippen LogP contribution in [0.25, 0.3) is 0 Å². The summed E-state index contributed by atoms with van der Waals surface area (Å²) in [5, 5.41) is 2.75. The number of amides is 1. The molecule has 70 valence electrons. The van der Waals surface area contributed by atoms with E-state index in [0.29, 0.717) is 11.6 Å². The molecule has 0 saturated heterocycles. The number of aromatic nitrogens is 1. The molecule has 5 nitrogen and oxygen atoms in total. The molecule has 1 aromatic rings. The molecule has 1 aromatic heterocycles. The Morgan fingerprint density at radius 3 is 2.92 bits per heavy atom. The van der Waals surface area contributed by atoms with Gasteiger partial charge in [0.15, 0.2) is 0 Å². The summed E-state index contributed by atoms with van der Waals surface area (Å²) in [4.78, 5) is 14.4. The van der Waals surface area contributed by atoms with Gasteiger partial charge in [0.25, 0.3) is 0 Å². The highest BCUT2D eigenvalue weighted by atomic mass is 16.5. The van der Waals surface area contributed by atoms with Crippen molar-refractivity contribution >= 4 is 11.7 Å². The number of pyridine rings is 1. The van der Waals surface area contributed by atoms with Crippen molar-refractivity contribution in [3.05, 3.63) is 18.3 Å². The number of nitrogens with zero attached hydrogens (tertiary/aromatic N) is 1. The van der Waals surface area contributed by atoms with Crippen molar-refractivity contribution < 1.29 is 9.53 Å². The molecule has 0 atom stereocenters. The van der Waals surface area contributed by atoms with Gasteiger partial charge in [-0.3, -0.25) is 4.79 Å². The van der Waals surface area contributed by atoms with Crippen LogP contribution in [0.2, 0.25) is 0 Å². The summed E-state index contributed by atoms with van der Waals surface area (Å²) in [6.07, 6.45) is 1.56. The highest BCUT2D eigenvalue weighted by molar-refractivity contribution is 5.78. The summed E-state index contributed by atoms with van der Waals surface area (Å²) in [5.41, 5.74) is 4.94. The zero-order valence-electron chi connectivity index (χ0n) is 7.28. The Morgan fingerprint density at radius 1 is 1.69 bits per heavy atom. The van der Waals surface area contributed by atoms with Crippen molar-refractivity contribution in [1.29, 1.82) is 0 Å². The third kappa shape index (κ3) is 2.98. The van der Waals surface area contributed by atoms with Gasteiger partial charge in [0, 0.05) is 0 Å². The van der Waals surface area contributed by atoms with E-state index in [9.17, 15) is 4.79 Å². The first kappa shape index (κ1) is 9.31. The van der Waals surface area contributed by atoms with Crippen LogP contribution < -0.4 is 15.8 Å². The Labute approximate surface area is 75.9 Å². The highest BCUT2D eigenvalue weighted by Gasteiger charge is 1.96. The van der Waals surface area contributed by atoms with E-state index >= 15 is 0 Å². The smallest absolute Gasteiger partial charge is 0.236 e. The molecule has 0 aromatic carbocycles. The van der Waals surface area contributed by atoms with Crippen LogP contribution >= 0.6 is 0 Å². The maximum absolute atomic E-state index is 10.4. The number of nitrogens with one attached hydrogen (secondary N) is 1. The third-order valence-corrected chi connectivity index (χ3v) is 1.42. The SMILES string of the molecule is COc1ccc(NCC(N)=O)nc1. The van der Waals surface area contributed by atoms with Crippen LogP contribution in [0.15, 0.2) is 18.3 Å². The average molecular weight is 181 g/mol. The van der Waals surface area contributed by atoms with E-state index < -0.39 is 5.91 Å². The first-order chi connectivity index (χ1) is 6.22. The highest BCUT2D eigenvalue weighted by Crippen LogP contribution is 2.10. The molecule has 0 aliphatic heterocycles. The fourth-order valence-electron chi connectivity index (χ4n) is 0.783. The van der Waals surface area contributed by atoms with Crippen LogP contribution in [0, 0.1) is 0 Å². The molecule has 3 N–H and O–H groups in total. The first-order valence-electron chi connectivity index (χ1n) is 3.74. The molecule has 0 unspecified atom stereocenters. The number of hydrogen-bond donors (Lipinski definition) is 2. The molecule has 0 aliphatic carbocycles. The predicted octanol–water partition coefficient (Wildman–Crippen LogP) is -0.0126. The fraction of sp³-hybridized carbons (Fsp3) is 0.250. The van der Waals surface area contributed by atoms with Crippen molar-refractivity contribution in [3.63, 3.8) is 0 Å². The zero-order valence-corrected chi connectivity index (χ0v) is 7.28. The van der Waals surface area contributed by atoms with Crippen molar-refractivity contribution in [1.82, 2.24) is 4.98 Å². The van der Waals surface area contributed by atoms with Gasteiger partial charge < -0.3 is 15.8 Å². The van der Waals surface area contributed by atoms with Gasteiger partial charge in [-0.25, -0.2) is 4.98 Å². The minimum Gasteiger partial charge on any atom is -0.495 e. The van der Waals surface area contributed by atoms with Gasteiger partial charge in [-0.05, 0) is 12.1 Å². The van der Waals surface area contributed by atoms with Gasteiger partial charge >= 0.3 is 0 Å². The first-order valence-corrected chi connectivity index (χ1v) is 3.74. The average Bonchev–Trinajstić information content (AvgIpc) is 2.15. The molecule has 0 aliphatic rings. The molecule has 5 heteroatoms. The Kier molecular flexibility index (Phi) is 3.08. The standard InChI is InChI=1S/C8H11N3O2/c1-13-6-2-3-8(10-4-6)11-5-7(9)12/h2-4H,5H2,1H3,(H2,9,12)(H,10,11). The van der Waals surface area contributed by atoms with E-state index in [1.54, 1.807) is 25.4 Å². The zero-order chi connectivity index (χ0) is 9.68.